The van der Waals surface area contributed by atoms with E-state index in [1.807, 2.05) is 13.8 Å². The largest absolute Gasteiger partial charge is 0.481 e. The predicted molar refractivity (Wildman–Crippen MR) is 73.8 cm³/mol. The molecule has 0 saturated heterocycles. The zero-order chi connectivity index (χ0) is 14.1. The molecule has 1 N–H and O–H groups in total. The van der Waals surface area contributed by atoms with Gasteiger partial charge >= 0.3 is 5.97 Å². The summed E-state index contributed by atoms with van der Waals surface area (Å²) >= 11 is 0. The van der Waals surface area contributed by atoms with Gasteiger partial charge in [-0.25, -0.2) is 0 Å². The molecule has 0 saturated carbocycles. The first-order valence-electron chi connectivity index (χ1n) is 6.89. The van der Waals surface area contributed by atoms with E-state index in [1.54, 1.807) is 6.92 Å². The molecular weight excluding hydrogens is 230 g/mol. The number of nitrogens with zero attached hydrogens (tertiary/aromatic N) is 1. The number of aliphatic carboxylic acids is 1. The van der Waals surface area contributed by atoms with Crippen LogP contribution in [0.1, 0.15) is 41.0 Å². The van der Waals surface area contributed by atoms with Crippen LogP contribution >= 0.6 is 0 Å². The highest BCUT2D eigenvalue weighted by molar-refractivity contribution is 5.69. The SMILES string of the molecule is CC(C)CN(CCCOC(C)C)CC(C)C(=O)O. The van der Waals surface area contributed by atoms with E-state index in [0.717, 1.165) is 26.1 Å². The Morgan fingerprint density at radius 2 is 1.78 bits per heavy atom. The highest BCUT2D eigenvalue weighted by Gasteiger charge is 2.16. The third-order valence-electron chi connectivity index (χ3n) is 2.65. The predicted octanol–water partition coefficient (Wildman–Crippen LogP) is 2.48. The number of hydrogen-bond donors (Lipinski definition) is 1. The molecule has 0 bridgehead atoms. The molecule has 18 heavy (non-hydrogen) atoms. The van der Waals surface area contributed by atoms with Gasteiger partial charge in [0.15, 0.2) is 0 Å². The van der Waals surface area contributed by atoms with Crippen molar-refractivity contribution in [3.63, 3.8) is 0 Å². The lowest BCUT2D eigenvalue weighted by molar-refractivity contribution is -0.141. The van der Waals surface area contributed by atoms with Crippen molar-refractivity contribution in [2.24, 2.45) is 11.8 Å². The van der Waals surface area contributed by atoms with E-state index in [0.29, 0.717) is 12.5 Å². The monoisotopic (exact) mass is 259 g/mol. The molecular formula is C14H29NO3. The van der Waals surface area contributed by atoms with E-state index in [1.165, 1.54) is 0 Å². The van der Waals surface area contributed by atoms with E-state index < -0.39 is 5.97 Å². The second-order valence-electron chi connectivity index (χ2n) is 5.67. The van der Waals surface area contributed by atoms with Crippen molar-refractivity contribution in [2.75, 3.05) is 26.2 Å². The normalized spacial score (nSPS) is 13.6. The highest BCUT2D eigenvalue weighted by atomic mass is 16.5. The zero-order valence-electron chi connectivity index (χ0n) is 12.5. The Morgan fingerprint density at radius 1 is 1.17 bits per heavy atom. The van der Waals surface area contributed by atoms with Crippen LogP contribution in [-0.4, -0.2) is 48.3 Å². The summed E-state index contributed by atoms with van der Waals surface area (Å²) < 4.78 is 5.51. The average Bonchev–Trinajstić information content (AvgIpc) is 2.22. The van der Waals surface area contributed by atoms with Gasteiger partial charge in [0.25, 0.3) is 0 Å². The summed E-state index contributed by atoms with van der Waals surface area (Å²) in [6.07, 6.45) is 1.22. The Labute approximate surface area is 111 Å². The molecule has 0 aromatic rings. The molecule has 0 spiro atoms. The maximum atomic E-state index is 10.9. The first-order chi connectivity index (χ1) is 8.32. The molecule has 4 nitrogen and oxygen atoms in total. The first kappa shape index (κ1) is 17.4. The highest BCUT2D eigenvalue weighted by Crippen LogP contribution is 2.06. The summed E-state index contributed by atoms with van der Waals surface area (Å²) in [6.45, 7) is 13.3. The summed E-state index contributed by atoms with van der Waals surface area (Å²) in [5, 5.41) is 8.96. The van der Waals surface area contributed by atoms with Crippen molar-refractivity contribution in [3.05, 3.63) is 0 Å². The van der Waals surface area contributed by atoms with Gasteiger partial charge in [-0.15, -0.1) is 0 Å². The molecule has 4 heteroatoms. The van der Waals surface area contributed by atoms with E-state index in [9.17, 15) is 4.79 Å². The van der Waals surface area contributed by atoms with E-state index in [2.05, 4.69) is 18.7 Å². The van der Waals surface area contributed by atoms with E-state index in [4.69, 9.17) is 9.84 Å². The van der Waals surface area contributed by atoms with Crippen LogP contribution in [0.25, 0.3) is 0 Å². The minimum Gasteiger partial charge on any atom is -0.481 e. The van der Waals surface area contributed by atoms with Gasteiger partial charge in [-0.1, -0.05) is 20.8 Å². The van der Waals surface area contributed by atoms with Crippen molar-refractivity contribution < 1.29 is 14.6 Å². The van der Waals surface area contributed by atoms with Crippen molar-refractivity contribution in [1.29, 1.82) is 0 Å². The number of rotatable bonds is 10. The van der Waals surface area contributed by atoms with E-state index >= 15 is 0 Å². The molecule has 108 valence electrons. The van der Waals surface area contributed by atoms with Crippen LogP contribution in [0.3, 0.4) is 0 Å². The summed E-state index contributed by atoms with van der Waals surface area (Å²) in [5.41, 5.74) is 0. The summed E-state index contributed by atoms with van der Waals surface area (Å²) in [4.78, 5) is 13.1. The van der Waals surface area contributed by atoms with Crippen LogP contribution in [-0.2, 0) is 9.53 Å². The molecule has 1 unspecified atom stereocenters. The fourth-order valence-corrected chi connectivity index (χ4v) is 1.85. The molecule has 0 aromatic heterocycles. The summed E-state index contributed by atoms with van der Waals surface area (Å²) in [6, 6.07) is 0. The maximum Gasteiger partial charge on any atom is 0.307 e. The number of carbonyl (C=O) groups is 1. The average molecular weight is 259 g/mol. The van der Waals surface area contributed by atoms with Crippen molar-refractivity contribution in [2.45, 2.75) is 47.1 Å². The lowest BCUT2D eigenvalue weighted by atomic mass is 10.1. The fraction of sp³-hybridized carbons (Fsp3) is 0.929. The first-order valence-corrected chi connectivity index (χ1v) is 6.89. The number of carboxylic acids is 1. The van der Waals surface area contributed by atoms with Gasteiger partial charge < -0.3 is 14.7 Å². The molecule has 0 aliphatic rings. The number of hydrogen-bond acceptors (Lipinski definition) is 3. The third-order valence-corrected chi connectivity index (χ3v) is 2.65. The van der Waals surface area contributed by atoms with Crippen LogP contribution in [0.2, 0.25) is 0 Å². The minimum absolute atomic E-state index is 0.265. The van der Waals surface area contributed by atoms with Crippen LogP contribution < -0.4 is 0 Å². The van der Waals surface area contributed by atoms with Crippen molar-refractivity contribution in [3.8, 4) is 0 Å². The second kappa shape index (κ2) is 9.34. The van der Waals surface area contributed by atoms with Gasteiger partial charge in [-0.3, -0.25) is 4.79 Å². The standard InChI is InChI=1S/C14H29NO3/c1-11(2)9-15(10-13(5)14(16)17)7-6-8-18-12(3)4/h11-13H,6-10H2,1-5H3,(H,16,17). The fourth-order valence-electron chi connectivity index (χ4n) is 1.85. The van der Waals surface area contributed by atoms with E-state index in [-0.39, 0.29) is 12.0 Å². The van der Waals surface area contributed by atoms with Gasteiger partial charge in [0.2, 0.25) is 0 Å². The molecule has 0 amide bonds. The van der Waals surface area contributed by atoms with Crippen molar-refractivity contribution in [1.82, 2.24) is 4.90 Å². The summed E-state index contributed by atoms with van der Waals surface area (Å²) in [7, 11) is 0. The second-order valence-corrected chi connectivity index (χ2v) is 5.67. The molecule has 1 atom stereocenters. The molecule has 0 aliphatic carbocycles. The number of ether oxygens (including phenoxy) is 1. The Kier molecular flexibility index (Phi) is 9.02. The van der Waals surface area contributed by atoms with Crippen LogP contribution in [0, 0.1) is 11.8 Å². The van der Waals surface area contributed by atoms with Gasteiger partial charge in [0.05, 0.1) is 12.0 Å². The maximum absolute atomic E-state index is 10.9. The summed E-state index contributed by atoms with van der Waals surface area (Å²) in [5.74, 6) is -0.478. The Morgan fingerprint density at radius 3 is 2.22 bits per heavy atom. The Hall–Kier alpha value is -0.610. The third kappa shape index (κ3) is 9.42. The quantitative estimate of drug-likeness (QED) is 0.612. The van der Waals surface area contributed by atoms with Crippen LogP contribution in [0.4, 0.5) is 0 Å². The molecule has 0 aliphatic heterocycles. The topological polar surface area (TPSA) is 49.8 Å². The van der Waals surface area contributed by atoms with Crippen LogP contribution in [0.15, 0.2) is 0 Å². The van der Waals surface area contributed by atoms with Gasteiger partial charge in [-0.2, -0.15) is 0 Å². The van der Waals surface area contributed by atoms with Crippen molar-refractivity contribution >= 4 is 5.97 Å². The molecule has 0 radical (unpaired) electrons. The Bertz CT molecular complexity index is 229. The van der Waals surface area contributed by atoms with Crippen LogP contribution in [0.5, 0.6) is 0 Å². The van der Waals surface area contributed by atoms with Gasteiger partial charge in [0, 0.05) is 26.2 Å². The van der Waals surface area contributed by atoms with Gasteiger partial charge in [-0.05, 0) is 26.2 Å². The Balaban J connectivity index is 4.02. The lowest BCUT2D eigenvalue weighted by Gasteiger charge is -2.26. The molecule has 0 heterocycles. The molecule has 0 fully saturated rings. The molecule has 0 rings (SSSR count). The lowest BCUT2D eigenvalue weighted by Crippen LogP contribution is -2.35. The minimum atomic E-state index is -0.720. The zero-order valence-corrected chi connectivity index (χ0v) is 12.5. The van der Waals surface area contributed by atoms with Gasteiger partial charge in [0.1, 0.15) is 0 Å². The number of carboxylic acid groups (broad SMARTS) is 1. The smallest absolute Gasteiger partial charge is 0.307 e. The molecule has 0 aromatic carbocycles.